The van der Waals surface area contributed by atoms with Gasteiger partial charge in [-0.2, -0.15) is 0 Å². The second kappa shape index (κ2) is 5.72. The third kappa shape index (κ3) is 2.46. The van der Waals surface area contributed by atoms with Crippen LogP contribution in [-0.4, -0.2) is 28.4 Å². The van der Waals surface area contributed by atoms with Crippen molar-refractivity contribution in [2.24, 2.45) is 0 Å². The summed E-state index contributed by atoms with van der Waals surface area (Å²) >= 11 is 0. The predicted octanol–water partition coefficient (Wildman–Crippen LogP) is 1.88. The lowest BCUT2D eigenvalue weighted by molar-refractivity contribution is 0.0801. The van der Waals surface area contributed by atoms with E-state index >= 15 is 0 Å². The van der Waals surface area contributed by atoms with Crippen molar-refractivity contribution in [2.75, 3.05) is 28.4 Å². The van der Waals surface area contributed by atoms with E-state index in [0.29, 0.717) is 5.75 Å². The van der Waals surface area contributed by atoms with Gasteiger partial charge in [-0.15, -0.1) is 0 Å². The van der Waals surface area contributed by atoms with Gasteiger partial charge in [0.2, 0.25) is 0 Å². The molecule has 0 saturated heterocycles. The number of ether oxygens (including phenoxy) is 3. The fourth-order valence-corrected chi connectivity index (χ4v) is 1.68. The van der Waals surface area contributed by atoms with Crippen molar-refractivity contribution in [3.8, 4) is 11.5 Å². The molecule has 0 saturated carbocycles. The third-order valence-electron chi connectivity index (χ3n) is 2.55. The van der Waals surface area contributed by atoms with Crippen LogP contribution in [0.2, 0.25) is 0 Å². The lowest BCUT2D eigenvalue weighted by Gasteiger charge is -2.19. The normalized spacial score (nSPS) is 12.3. The molecular weight excluding hydrogens is 206 g/mol. The first-order valence-electron chi connectivity index (χ1n) is 5.10. The average Bonchev–Trinajstić information content (AvgIpc) is 2.32. The van der Waals surface area contributed by atoms with Crippen LogP contribution in [0.4, 0.5) is 0 Å². The summed E-state index contributed by atoms with van der Waals surface area (Å²) in [5.41, 5.74) is 2.14. The molecule has 0 radical (unpaired) electrons. The van der Waals surface area contributed by atoms with Gasteiger partial charge in [0.05, 0.1) is 14.2 Å². The Morgan fingerprint density at radius 1 is 1.06 bits per heavy atom. The number of aryl methyl sites for hydroxylation is 1. The number of hydrogen-bond donors (Lipinski definition) is 1. The molecule has 0 amide bonds. The first-order chi connectivity index (χ1) is 7.67. The van der Waals surface area contributed by atoms with E-state index in [4.69, 9.17) is 14.2 Å². The van der Waals surface area contributed by atoms with Crippen LogP contribution in [-0.2, 0) is 4.74 Å². The zero-order valence-electron chi connectivity index (χ0n) is 10.5. The largest absolute Gasteiger partial charge is 0.493 e. The zero-order chi connectivity index (χ0) is 12.1. The summed E-state index contributed by atoms with van der Waals surface area (Å²) in [6.45, 7) is 2.01. The number of hydrogen-bond acceptors (Lipinski definition) is 4. The molecule has 0 fully saturated rings. The maximum Gasteiger partial charge on any atom is 0.161 e. The van der Waals surface area contributed by atoms with Gasteiger partial charge < -0.3 is 14.2 Å². The summed E-state index contributed by atoms with van der Waals surface area (Å²) in [5.74, 6) is 1.44. The summed E-state index contributed by atoms with van der Waals surface area (Å²) < 4.78 is 15.8. The lowest BCUT2D eigenvalue weighted by atomic mass is 10.1. The maximum atomic E-state index is 5.33. The van der Waals surface area contributed by atoms with Crippen LogP contribution in [0.25, 0.3) is 0 Å². The molecule has 0 aliphatic heterocycles. The Morgan fingerprint density at radius 2 is 1.62 bits per heavy atom. The van der Waals surface area contributed by atoms with Crippen molar-refractivity contribution >= 4 is 0 Å². The first-order valence-corrected chi connectivity index (χ1v) is 5.10. The van der Waals surface area contributed by atoms with Gasteiger partial charge in [-0.25, -0.2) is 0 Å². The number of rotatable bonds is 5. The van der Waals surface area contributed by atoms with Gasteiger partial charge in [-0.3, -0.25) is 5.32 Å². The highest BCUT2D eigenvalue weighted by Crippen LogP contribution is 2.32. The molecule has 1 rings (SSSR count). The average molecular weight is 225 g/mol. The van der Waals surface area contributed by atoms with Gasteiger partial charge >= 0.3 is 0 Å². The summed E-state index contributed by atoms with van der Waals surface area (Å²) in [7, 11) is 6.77. The van der Waals surface area contributed by atoms with Crippen molar-refractivity contribution < 1.29 is 14.2 Å². The molecule has 4 nitrogen and oxygen atoms in total. The lowest BCUT2D eigenvalue weighted by Crippen LogP contribution is -2.19. The minimum atomic E-state index is -0.139. The fraction of sp³-hybridized carbons (Fsp3) is 0.500. The van der Waals surface area contributed by atoms with E-state index < -0.39 is 0 Å². The van der Waals surface area contributed by atoms with Crippen molar-refractivity contribution in [3.05, 3.63) is 23.3 Å². The van der Waals surface area contributed by atoms with Crippen LogP contribution < -0.4 is 14.8 Å². The van der Waals surface area contributed by atoms with Crippen molar-refractivity contribution in [2.45, 2.75) is 13.2 Å². The topological polar surface area (TPSA) is 39.7 Å². The quantitative estimate of drug-likeness (QED) is 0.777. The van der Waals surface area contributed by atoms with E-state index in [2.05, 4.69) is 5.32 Å². The molecule has 0 aliphatic carbocycles. The van der Waals surface area contributed by atoms with Crippen LogP contribution >= 0.6 is 0 Å². The van der Waals surface area contributed by atoms with Crippen molar-refractivity contribution in [1.29, 1.82) is 0 Å². The molecule has 0 aliphatic rings. The van der Waals surface area contributed by atoms with Gasteiger partial charge in [-0.05, 0) is 31.7 Å². The number of benzene rings is 1. The number of nitrogens with one attached hydrogen (secondary N) is 1. The summed E-state index contributed by atoms with van der Waals surface area (Å²) in [6, 6.07) is 3.87. The van der Waals surface area contributed by atoms with Crippen LogP contribution in [0, 0.1) is 6.92 Å². The van der Waals surface area contributed by atoms with Gasteiger partial charge in [0.1, 0.15) is 6.23 Å². The van der Waals surface area contributed by atoms with Gasteiger partial charge in [-0.1, -0.05) is 0 Å². The molecule has 1 N–H and O–H groups in total. The molecule has 90 valence electrons. The van der Waals surface area contributed by atoms with E-state index in [1.807, 2.05) is 26.1 Å². The highest BCUT2D eigenvalue weighted by molar-refractivity contribution is 5.47. The molecule has 1 aromatic carbocycles. The Kier molecular flexibility index (Phi) is 4.58. The molecule has 4 heteroatoms. The summed E-state index contributed by atoms with van der Waals surface area (Å²) in [6.07, 6.45) is -0.139. The van der Waals surface area contributed by atoms with Crippen LogP contribution in [0.5, 0.6) is 11.5 Å². The van der Waals surface area contributed by atoms with Gasteiger partial charge in [0.15, 0.2) is 11.5 Å². The molecule has 1 atom stereocenters. The number of methoxy groups -OCH3 is 3. The van der Waals surface area contributed by atoms with E-state index in [9.17, 15) is 0 Å². The van der Waals surface area contributed by atoms with Gasteiger partial charge in [0, 0.05) is 12.7 Å². The Balaban J connectivity index is 3.19. The Hall–Kier alpha value is -1.26. The zero-order valence-corrected chi connectivity index (χ0v) is 10.5. The van der Waals surface area contributed by atoms with E-state index in [1.165, 1.54) is 0 Å². The summed E-state index contributed by atoms with van der Waals surface area (Å²) in [5, 5.41) is 3.08. The highest BCUT2D eigenvalue weighted by Gasteiger charge is 2.15. The van der Waals surface area contributed by atoms with Crippen LogP contribution in [0.15, 0.2) is 12.1 Å². The Bertz CT molecular complexity index is 348. The minimum absolute atomic E-state index is 0.139. The standard InChI is InChI=1S/C12H19NO3/c1-8-6-10(14-3)11(15-4)7-9(8)12(13-2)16-5/h6-7,12-13H,1-5H3. The molecule has 0 spiro atoms. The Morgan fingerprint density at radius 3 is 2.06 bits per heavy atom. The second-order valence-corrected chi connectivity index (χ2v) is 3.47. The van der Waals surface area contributed by atoms with E-state index in [0.717, 1.165) is 16.9 Å². The molecule has 1 unspecified atom stereocenters. The molecule has 0 bridgehead atoms. The predicted molar refractivity (Wildman–Crippen MR) is 63.1 cm³/mol. The molecule has 16 heavy (non-hydrogen) atoms. The summed E-state index contributed by atoms with van der Waals surface area (Å²) in [4.78, 5) is 0. The highest BCUT2D eigenvalue weighted by atomic mass is 16.5. The van der Waals surface area contributed by atoms with Crippen LogP contribution in [0.3, 0.4) is 0 Å². The smallest absolute Gasteiger partial charge is 0.161 e. The fourth-order valence-electron chi connectivity index (χ4n) is 1.68. The SMILES string of the molecule is CNC(OC)c1cc(OC)c(OC)cc1C. The minimum Gasteiger partial charge on any atom is -0.493 e. The second-order valence-electron chi connectivity index (χ2n) is 3.47. The molecule has 0 heterocycles. The molecule has 1 aromatic rings. The maximum absolute atomic E-state index is 5.33. The molecular formula is C12H19NO3. The Labute approximate surface area is 96.5 Å². The van der Waals surface area contributed by atoms with Crippen LogP contribution in [0.1, 0.15) is 17.4 Å². The monoisotopic (exact) mass is 225 g/mol. The van der Waals surface area contributed by atoms with Crippen molar-refractivity contribution in [3.63, 3.8) is 0 Å². The first kappa shape index (κ1) is 12.8. The third-order valence-corrected chi connectivity index (χ3v) is 2.55. The molecule has 0 aromatic heterocycles. The van der Waals surface area contributed by atoms with E-state index in [-0.39, 0.29) is 6.23 Å². The van der Waals surface area contributed by atoms with Gasteiger partial charge in [0.25, 0.3) is 0 Å². The van der Waals surface area contributed by atoms with E-state index in [1.54, 1.807) is 21.3 Å². The van der Waals surface area contributed by atoms with Crippen molar-refractivity contribution in [1.82, 2.24) is 5.32 Å².